The number of carbonyl (C=O) groups is 1. The van der Waals surface area contributed by atoms with Crippen molar-refractivity contribution >= 4 is 22.6 Å². The van der Waals surface area contributed by atoms with Gasteiger partial charge in [-0.05, 0) is 18.2 Å². The number of hydrazine groups is 1. The summed E-state index contributed by atoms with van der Waals surface area (Å²) in [6, 6.07) is 4.54. The van der Waals surface area contributed by atoms with Crippen molar-refractivity contribution in [3.8, 4) is 11.8 Å². The van der Waals surface area contributed by atoms with Crippen LogP contribution >= 0.6 is 11.8 Å². The van der Waals surface area contributed by atoms with Gasteiger partial charge in [-0.15, -0.1) is 0 Å². The molecule has 5 heteroatoms. The first-order valence-corrected chi connectivity index (χ1v) is 6.00. The highest BCUT2D eigenvalue weighted by atomic mass is 32.2. The molecule has 1 rings (SSSR count). The van der Waals surface area contributed by atoms with E-state index in [1.54, 1.807) is 6.07 Å². The van der Waals surface area contributed by atoms with Crippen LogP contribution in [0.1, 0.15) is 18.9 Å². The number of nitrogen functional groups attached to an aromatic ring is 1. The van der Waals surface area contributed by atoms with Crippen molar-refractivity contribution in [3.05, 3.63) is 29.6 Å². The monoisotopic (exact) mass is 252 g/mol. The number of anilines is 1. The first-order chi connectivity index (χ1) is 8.13. The molecule has 0 aliphatic carbocycles. The van der Waals surface area contributed by atoms with Crippen LogP contribution in [0.25, 0.3) is 0 Å². The highest BCUT2D eigenvalue weighted by Gasteiger charge is 1.99. The maximum atomic E-state index is 13.3. The van der Waals surface area contributed by atoms with E-state index in [1.807, 2.05) is 0 Å². The lowest BCUT2D eigenvalue weighted by molar-refractivity contribution is -0.109. The Bertz CT molecular complexity index is 465. The normalized spacial score (nSPS) is 9.35. The van der Waals surface area contributed by atoms with Gasteiger partial charge >= 0.3 is 0 Å². The molecule has 0 saturated carbocycles. The van der Waals surface area contributed by atoms with E-state index in [9.17, 15) is 9.18 Å². The number of nitrogens with two attached hydrogens (primary N) is 1. The number of rotatable bonds is 3. The van der Waals surface area contributed by atoms with Crippen LogP contribution in [0.15, 0.2) is 18.2 Å². The summed E-state index contributed by atoms with van der Waals surface area (Å²) in [7, 11) is 0. The molecule has 0 spiro atoms. The largest absolute Gasteiger partial charge is 0.321 e. The molecule has 0 heterocycles. The average molecular weight is 252 g/mol. The lowest BCUT2D eigenvalue weighted by Gasteiger charge is -2.00. The van der Waals surface area contributed by atoms with E-state index in [0.717, 1.165) is 0 Å². The Morgan fingerprint density at radius 1 is 1.59 bits per heavy atom. The van der Waals surface area contributed by atoms with Crippen LogP contribution in [0.4, 0.5) is 10.1 Å². The highest BCUT2D eigenvalue weighted by Crippen LogP contribution is 2.13. The molecule has 0 radical (unpaired) electrons. The van der Waals surface area contributed by atoms with E-state index < -0.39 is 5.82 Å². The van der Waals surface area contributed by atoms with Crippen molar-refractivity contribution in [3.63, 3.8) is 0 Å². The Balaban J connectivity index is 2.54. The van der Waals surface area contributed by atoms with Gasteiger partial charge in [0.1, 0.15) is 5.82 Å². The second-order valence-corrected chi connectivity index (χ2v) is 4.50. The molecule has 17 heavy (non-hydrogen) atoms. The highest BCUT2D eigenvalue weighted by molar-refractivity contribution is 8.13. The number of halogens is 1. The summed E-state index contributed by atoms with van der Waals surface area (Å²) in [5.41, 5.74) is 3.08. The Kier molecular flexibility index (Phi) is 5.53. The fourth-order valence-electron chi connectivity index (χ4n) is 1.12. The molecule has 0 aliphatic rings. The summed E-state index contributed by atoms with van der Waals surface area (Å²) in [4.78, 5) is 10.6. The Labute approximate surface area is 104 Å². The minimum absolute atomic E-state index is 0.0798. The third-order valence-corrected chi connectivity index (χ3v) is 2.70. The molecule has 0 amide bonds. The van der Waals surface area contributed by atoms with Crippen LogP contribution in [0.2, 0.25) is 0 Å². The van der Waals surface area contributed by atoms with Gasteiger partial charge in [-0.1, -0.05) is 23.6 Å². The van der Waals surface area contributed by atoms with Crippen molar-refractivity contribution in [2.24, 2.45) is 5.84 Å². The van der Waals surface area contributed by atoms with Gasteiger partial charge in [0, 0.05) is 24.7 Å². The molecular formula is C12H13FN2OS. The molecule has 0 bridgehead atoms. The van der Waals surface area contributed by atoms with E-state index in [2.05, 4.69) is 17.3 Å². The third kappa shape index (κ3) is 4.89. The molecule has 0 atom stereocenters. The maximum absolute atomic E-state index is 13.3. The lowest BCUT2D eigenvalue weighted by Crippen LogP contribution is -2.08. The number of carbonyl (C=O) groups excluding carboxylic acids is 1. The van der Waals surface area contributed by atoms with Crippen LogP contribution < -0.4 is 11.3 Å². The SMILES string of the molecule is CC(=O)SCCC#Cc1ccc(NN)c(F)c1. The lowest BCUT2D eigenvalue weighted by atomic mass is 10.2. The summed E-state index contributed by atoms with van der Waals surface area (Å²) in [6.07, 6.45) is 0.600. The zero-order valence-electron chi connectivity index (χ0n) is 9.42. The quantitative estimate of drug-likeness (QED) is 0.374. The molecule has 1 aromatic rings. The Morgan fingerprint density at radius 2 is 2.35 bits per heavy atom. The molecule has 90 valence electrons. The average Bonchev–Trinajstić information content (AvgIpc) is 2.28. The van der Waals surface area contributed by atoms with Crippen molar-refractivity contribution in [1.29, 1.82) is 0 Å². The molecule has 0 unspecified atom stereocenters. The van der Waals surface area contributed by atoms with Crippen LogP contribution in [0.3, 0.4) is 0 Å². The minimum Gasteiger partial charge on any atom is -0.321 e. The molecule has 0 fully saturated rings. The predicted molar refractivity (Wildman–Crippen MR) is 68.8 cm³/mol. The van der Waals surface area contributed by atoms with E-state index in [4.69, 9.17) is 5.84 Å². The maximum Gasteiger partial charge on any atom is 0.185 e. The van der Waals surface area contributed by atoms with Gasteiger partial charge in [0.05, 0.1) is 5.69 Å². The van der Waals surface area contributed by atoms with E-state index in [1.165, 1.54) is 30.8 Å². The molecule has 0 aliphatic heterocycles. The number of nitrogens with one attached hydrogen (secondary N) is 1. The summed E-state index contributed by atoms with van der Waals surface area (Å²) in [5.74, 6) is 11.0. The van der Waals surface area contributed by atoms with Crippen LogP contribution in [-0.2, 0) is 4.79 Å². The smallest absolute Gasteiger partial charge is 0.185 e. The van der Waals surface area contributed by atoms with Crippen molar-refractivity contribution < 1.29 is 9.18 Å². The standard InChI is InChI=1S/C12H13FN2OS/c1-9(16)17-7-3-2-4-10-5-6-12(15-14)11(13)8-10/h5-6,8,15H,3,7,14H2,1H3. The van der Waals surface area contributed by atoms with Crippen molar-refractivity contribution in [1.82, 2.24) is 0 Å². The Morgan fingerprint density at radius 3 is 2.94 bits per heavy atom. The predicted octanol–water partition coefficient (Wildman–Crippen LogP) is 2.13. The molecule has 1 aromatic carbocycles. The van der Waals surface area contributed by atoms with Gasteiger partial charge in [0.25, 0.3) is 0 Å². The van der Waals surface area contributed by atoms with Crippen molar-refractivity contribution in [2.75, 3.05) is 11.2 Å². The van der Waals surface area contributed by atoms with Gasteiger partial charge in [-0.3, -0.25) is 10.6 Å². The minimum atomic E-state index is -0.433. The van der Waals surface area contributed by atoms with Crippen LogP contribution in [-0.4, -0.2) is 10.9 Å². The number of hydrogen-bond donors (Lipinski definition) is 2. The van der Waals surface area contributed by atoms with Gasteiger partial charge in [-0.2, -0.15) is 0 Å². The zero-order chi connectivity index (χ0) is 12.7. The summed E-state index contributed by atoms with van der Waals surface area (Å²) >= 11 is 1.23. The van der Waals surface area contributed by atoms with Gasteiger partial charge in [0.15, 0.2) is 5.12 Å². The molecule has 3 nitrogen and oxygen atoms in total. The van der Waals surface area contributed by atoms with Crippen LogP contribution in [0, 0.1) is 17.7 Å². The van der Waals surface area contributed by atoms with Gasteiger partial charge in [-0.25, -0.2) is 4.39 Å². The van der Waals surface area contributed by atoms with Gasteiger partial charge in [0.2, 0.25) is 0 Å². The topological polar surface area (TPSA) is 55.1 Å². The number of hydrogen-bond acceptors (Lipinski definition) is 4. The van der Waals surface area contributed by atoms with Gasteiger partial charge < -0.3 is 5.43 Å². The fraction of sp³-hybridized carbons (Fsp3) is 0.250. The number of thioether (sulfide) groups is 1. The van der Waals surface area contributed by atoms with Crippen molar-refractivity contribution in [2.45, 2.75) is 13.3 Å². The molecule has 3 N–H and O–H groups in total. The third-order valence-electron chi connectivity index (χ3n) is 1.89. The van der Waals surface area contributed by atoms with E-state index in [0.29, 0.717) is 17.7 Å². The summed E-state index contributed by atoms with van der Waals surface area (Å²) in [5, 5.41) is 0.0798. The molecule has 0 aromatic heterocycles. The summed E-state index contributed by atoms with van der Waals surface area (Å²) < 4.78 is 13.3. The second kappa shape index (κ2) is 6.94. The fourth-order valence-corrected chi connectivity index (χ4v) is 1.61. The number of benzene rings is 1. The van der Waals surface area contributed by atoms with Crippen LogP contribution in [0.5, 0.6) is 0 Å². The Hall–Kier alpha value is -1.51. The zero-order valence-corrected chi connectivity index (χ0v) is 10.2. The second-order valence-electron chi connectivity index (χ2n) is 3.23. The first-order valence-electron chi connectivity index (χ1n) is 5.02. The summed E-state index contributed by atoms with van der Waals surface area (Å²) in [6.45, 7) is 1.52. The molecular weight excluding hydrogens is 239 g/mol. The molecule has 0 saturated heterocycles. The van der Waals surface area contributed by atoms with E-state index in [-0.39, 0.29) is 10.8 Å². The first kappa shape index (κ1) is 13.6. The van der Waals surface area contributed by atoms with E-state index >= 15 is 0 Å².